The molecule has 7 heteroatoms. The van der Waals surface area contributed by atoms with Crippen LogP contribution in [0.15, 0.2) is 35.3 Å². The second-order valence-corrected chi connectivity index (χ2v) is 7.86. The van der Waals surface area contributed by atoms with Gasteiger partial charge in [0.2, 0.25) is 0 Å². The molecule has 1 unspecified atom stereocenters. The van der Waals surface area contributed by atoms with E-state index in [1.165, 1.54) is 10.4 Å². The minimum Gasteiger partial charge on any atom is -0.344 e. The van der Waals surface area contributed by atoms with Gasteiger partial charge in [0, 0.05) is 30.2 Å². The normalized spacial score (nSPS) is 16.4. The van der Waals surface area contributed by atoms with E-state index in [-0.39, 0.29) is 23.4 Å². The highest BCUT2D eigenvalue weighted by atomic mass is 16.2. The zero-order valence-corrected chi connectivity index (χ0v) is 16.5. The SMILES string of the molecule is CC(C)Cn1nc(C(=O)NC2CCCc3c2cnn3C)c2ccccc2c1=O. The molecule has 2 aromatic heterocycles. The number of aryl methyl sites for hydroxylation is 1. The summed E-state index contributed by atoms with van der Waals surface area (Å²) < 4.78 is 3.29. The fourth-order valence-electron chi connectivity index (χ4n) is 3.96. The van der Waals surface area contributed by atoms with E-state index in [1.54, 1.807) is 12.1 Å². The topological polar surface area (TPSA) is 81.8 Å². The van der Waals surface area contributed by atoms with Crippen LogP contribution in [-0.4, -0.2) is 25.5 Å². The summed E-state index contributed by atoms with van der Waals surface area (Å²) in [5, 5.41) is 13.0. The number of hydrogen-bond donors (Lipinski definition) is 1. The highest BCUT2D eigenvalue weighted by molar-refractivity contribution is 6.04. The van der Waals surface area contributed by atoms with Crippen molar-refractivity contribution in [3.8, 4) is 0 Å². The minimum atomic E-state index is -0.254. The first-order valence-corrected chi connectivity index (χ1v) is 9.77. The van der Waals surface area contributed by atoms with Crippen molar-refractivity contribution in [1.29, 1.82) is 0 Å². The highest BCUT2D eigenvalue weighted by Crippen LogP contribution is 2.29. The second kappa shape index (κ2) is 7.22. The van der Waals surface area contributed by atoms with Crippen molar-refractivity contribution in [3.05, 3.63) is 57.8 Å². The van der Waals surface area contributed by atoms with Crippen molar-refractivity contribution in [2.75, 3.05) is 0 Å². The summed E-state index contributed by atoms with van der Waals surface area (Å²) in [6, 6.07) is 7.10. The number of nitrogens with one attached hydrogen (secondary N) is 1. The Morgan fingerprint density at radius 1 is 1.29 bits per heavy atom. The van der Waals surface area contributed by atoms with E-state index in [9.17, 15) is 9.59 Å². The zero-order valence-electron chi connectivity index (χ0n) is 16.5. The van der Waals surface area contributed by atoms with Crippen LogP contribution >= 0.6 is 0 Å². The number of carbonyl (C=O) groups is 1. The number of rotatable bonds is 4. The number of hydrogen-bond acceptors (Lipinski definition) is 4. The van der Waals surface area contributed by atoms with Gasteiger partial charge in [-0.1, -0.05) is 32.0 Å². The number of carbonyl (C=O) groups excluding carboxylic acids is 1. The van der Waals surface area contributed by atoms with Gasteiger partial charge in [-0.3, -0.25) is 14.3 Å². The van der Waals surface area contributed by atoms with E-state index >= 15 is 0 Å². The Hall–Kier alpha value is -2.96. The number of aromatic nitrogens is 4. The standard InChI is InChI=1S/C21H25N5O2/c1-13(2)12-26-21(28)15-8-5-4-7-14(15)19(24-26)20(27)23-17-9-6-10-18-16(17)11-22-25(18)3/h4-5,7-8,11,13,17H,6,9-10,12H2,1-3H3,(H,23,27). The second-order valence-electron chi connectivity index (χ2n) is 7.86. The van der Waals surface area contributed by atoms with Gasteiger partial charge in [-0.25, -0.2) is 4.68 Å². The van der Waals surface area contributed by atoms with Crippen molar-refractivity contribution in [3.63, 3.8) is 0 Å². The Morgan fingerprint density at radius 3 is 2.79 bits per heavy atom. The fourth-order valence-corrected chi connectivity index (χ4v) is 3.96. The molecule has 1 atom stereocenters. The molecule has 0 fully saturated rings. The molecule has 0 saturated heterocycles. The lowest BCUT2D eigenvalue weighted by molar-refractivity contribution is 0.0926. The van der Waals surface area contributed by atoms with Gasteiger partial charge >= 0.3 is 0 Å². The molecule has 7 nitrogen and oxygen atoms in total. The molecular weight excluding hydrogens is 354 g/mol. The monoisotopic (exact) mass is 379 g/mol. The summed E-state index contributed by atoms with van der Waals surface area (Å²) in [5.74, 6) is -0.00558. The summed E-state index contributed by atoms with van der Waals surface area (Å²) in [4.78, 5) is 25.9. The molecule has 0 radical (unpaired) electrons. The molecule has 0 spiro atoms. The Kier molecular flexibility index (Phi) is 4.75. The van der Waals surface area contributed by atoms with Gasteiger partial charge in [0.25, 0.3) is 11.5 Å². The molecule has 4 rings (SSSR count). The van der Waals surface area contributed by atoms with Crippen molar-refractivity contribution < 1.29 is 4.79 Å². The summed E-state index contributed by atoms with van der Waals surface area (Å²) in [5.41, 5.74) is 2.38. The molecule has 1 aromatic carbocycles. The van der Waals surface area contributed by atoms with Gasteiger partial charge in [-0.15, -0.1) is 0 Å². The maximum absolute atomic E-state index is 13.2. The van der Waals surface area contributed by atoms with Crippen LogP contribution in [0.1, 0.15) is 54.5 Å². The van der Waals surface area contributed by atoms with E-state index in [4.69, 9.17) is 0 Å². The van der Waals surface area contributed by atoms with Crippen LogP contribution in [0.5, 0.6) is 0 Å². The van der Waals surface area contributed by atoms with Crippen LogP contribution < -0.4 is 10.9 Å². The van der Waals surface area contributed by atoms with Crippen molar-refractivity contribution >= 4 is 16.7 Å². The Labute approximate surface area is 163 Å². The first-order valence-electron chi connectivity index (χ1n) is 9.77. The van der Waals surface area contributed by atoms with E-state index < -0.39 is 0 Å². The average Bonchev–Trinajstić information content (AvgIpc) is 3.06. The molecule has 146 valence electrons. The summed E-state index contributed by atoms with van der Waals surface area (Å²) in [6.45, 7) is 4.52. The maximum Gasteiger partial charge on any atom is 0.274 e. The Balaban J connectivity index is 1.73. The molecule has 1 N–H and O–H groups in total. The molecule has 28 heavy (non-hydrogen) atoms. The van der Waals surface area contributed by atoms with E-state index in [0.29, 0.717) is 23.0 Å². The molecule has 0 saturated carbocycles. The third kappa shape index (κ3) is 3.21. The van der Waals surface area contributed by atoms with Crippen LogP contribution in [0.25, 0.3) is 10.8 Å². The van der Waals surface area contributed by atoms with Crippen LogP contribution in [0.3, 0.4) is 0 Å². The Morgan fingerprint density at radius 2 is 2.04 bits per heavy atom. The van der Waals surface area contributed by atoms with Crippen LogP contribution in [-0.2, 0) is 20.0 Å². The molecule has 2 heterocycles. The number of benzene rings is 1. The van der Waals surface area contributed by atoms with Crippen molar-refractivity contribution in [2.24, 2.45) is 13.0 Å². The van der Waals surface area contributed by atoms with Gasteiger partial charge in [-0.05, 0) is 31.2 Å². The lowest BCUT2D eigenvalue weighted by Crippen LogP contribution is -2.34. The molecule has 0 aliphatic heterocycles. The van der Waals surface area contributed by atoms with Gasteiger partial charge in [0.1, 0.15) is 0 Å². The van der Waals surface area contributed by atoms with Gasteiger partial charge in [-0.2, -0.15) is 10.2 Å². The first kappa shape index (κ1) is 18.4. The number of amides is 1. The lowest BCUT2D eigenvalue weighted by atomic mass is 9.93. The van der Waals surface area contributed by atoms with E-state index in [1.807, 2.05) is 43.9 Å². The first-order chi connectivity index (χ1) is 13.5. The quantitative estimate of drug-likeness (QED) is 0.755. The molecule has 0 bridgehead atoms. The van der Waals surface area contributed by atoms with Crippen LogP contribution in [0, 0.1) is 5.92 Å². The molecule has 1 aliphatic rings. The van der Waals surface area contributed by atoms with E-state index in [0.717, 1.165) is 24.8 Å². The average molecular weight is 379 g/mol. The summed E-state index contributed by atoms with van der Waals surface area (Å²) in [7, 11) is 1.93. The smallest absolute Gasteiger partial charge is 0.274 e. The highest BCUT2D eigenvalue weighted by Gasteiger charge is 2.26. The van der Waals surface area contributed by atoms with E-state index in [2.05, 4.69) is 15.5 Å². The molecule has 1 aliphatic carbocycles. The van der Waals surface area contributed by atoms with Crippen molar-refractivity contribution in [1.82, 2.24) is 24.9 Å². The molecular formula is C21H25N5O2. The third-order valence-corrected chi connectivity index (χ3v) is 5.30. The molecule has 3 aromatic rings. The van der Waals surface area contributed by atoms with Gasteiger partial charge in [0.15, 0.2) is 5.69 Å². The van der Waals surface area contributed by atoms with Crippen LogP contribution in [0.2, 0.25) is 0 Å². The largest absolute Gasteiger partial charge is 0.344 e. The van der Waals surface area contributed by atoms with Gasteiger partial charge in [0.05, 0.1) is 17.6 Å². The van der Waals surface area contributed by atoms with Crippen molar-refractivity contribution in [2.45, 2.75) is 45.7 Å². The minimum absolute atomic E-state index is 0.0870. The lowest BCUT2D eigenvalue weighted by Gasteiger charge is -2.24. The zero-order chi connectivity index (χ0) is 19.8. The summed E-state index contributed by atoms with van der Waals surface area (Å²) in [6.07, 6.45) is 4.68. The number of fused-ring (bicyclic) bond motifs is 2. The fraction of sp³-hybridized carbons (Fsp3) is 0.429. The van der Waals surface area contributed by atoms with Crippen LogP contribution in [0.4, 0.5) is 0 Å². The van der Waals surface area contributed by atoms with Gasteiger partial charge < -0.3 is 5.32 Å². The number of nitrogens with zero attached hydrogens (tertiary/aromatic N) is 4. The summed E-state index contributed by atoms with van der Waals surface area (Å²) >= 11 is 0. The predicted octanol–water partition coefficient (Wildman–Crippen LogP) is 2.59. The maximum atomic E-state index is 13.2. The molecule has 1 amide bonds. The third-order valence-electron chi connectivity index (χ3n) is 5.30. The predicted molar refractivity (Wildman–Crippen MR) is 107 cm³/mol. The Bertz CT molecular complexity index is 1100.